The number of rotatable bonds is 6. The number of hydrogen-bond donors (Lipinski definition) is 1. The summed E-state index contributed by atoms with van der Waals surface area (Å²) in [6.07, 6.45) is 9.71. The van der Waals surface area contributed by atoms with Crippen molar-refractivity contribution in [3.05, 3.63) is 0 Å². The highest BCUT2D eigenvalue weighted by molar-refractivity contribution is 5.00. The van der Waals surface area contributed by atoms with E-state index in [1.165, 1.54) is 64.6 Å². The van der Waals surface area contributed by atoms with Crippen molar-refractivity contribution in [3.8, 4) is 0 Å². The lowest BCUT2D eigenvalue weighted by molar-refractivity contribution is 0.0151. The zero-order chi connectivity index (χ0) is 15.5. The number of hydrogen-bond acceptors (Lipinski definition) is 2. The maximum absolute atomic E-state index is 3.91. The Balaban J connectivity index is 2.14. The van der Waals surface area contributed by atoms with Gasteiger partial charge in [-0.2, -0.15) is 0 Å². The largest absolute Gasteiger partial charge is 0.308 e. The lowest BCUT2D eigenvalue weighted by Gasteiger charge is -2.51. The molecule has 2 heteroatoms. The molecule has 1 saturated carbocycles. The minimum atomic E-state index is 0.360. The van der Waals surface area contributed by atoms with Gasteiger partial charge in [-0.3, -0.25) is 4.90 Å². The summed E-state index contributed by atoms with van der Waals surface area (Å²) < 4.78 is 0. The van der Waals surface area contributed by atoms with Crippen molar-refractivity contribution < 1.29 is 0 Å². The van der Waals surface area contributed by atoms with E-state index in [9.17, 15) is 0 Å². The van der Waals surface area contributed by atoms with Gasteiger partial charge in [0.2, 0.25) is 0 Å². The molecule has 2 rings (SSSR count). The molecule has 1 atom stereocenters. The maximum atomic E-state index is 3.91. The minimum Gasteiger partial charge on any atom is -0.308 e. The Morgan fingerprint density at radius 2 is 1.67 bits per heavy atom. The Labute approximate surface area is 133 Å². The van der Waals surface area contributed by atoms with Crippen molar-refractivity contribution in [1.29, 1.82) is 0 Å². The number of piperazine rings is 1. The molecule has 0 spiro atoms. The quantitative estimate of drug-likeness (QED) is 0.779. The first-order valence-corrected chi connectivity index (χ1v) is 9.49. The average Bonchev–Trinajstić information content (AvgIpc) is 2.96. The Bertz CT molecular complexity index is 314. The van der Waals surface area contributed by atoms with Crippen molar-refractivity contribution >= 4 is 0 Å². The lowest BCUT2D eigenvalue weighted by Crippen LogP contribution is -2.66. The van der Waals surface area contributed by atoms with E-state index in [2.05, 4.69) is 44.8 Å². The molecule has 21 heavy (non-hydrogen) atoms. The van der Waals surface area contributed by atoms with Gasteiger partial charge in [0.1, 0.15) is 0 Å². The van der Waals surface area contributed by atoms with Crippen molar-refractivity contribution in [2.45, 2.75) is 91.1 Å². The molecule has 0 radical (unpaired) electrons. The molecule has 2 nitrogen and oxygen atoms in total. The average molecular weight is 295 g/mol. The van der Waals surface area contributed by atoms with Gasteiger partial charge in [-0.05, 0) is 43.4 Å². The molecular weight excluding hydrogens is 256 g/mol. The highest BCUT2D eigenvalue weighted by Crippen LogP contribution is 2.43. The summed E-state index contributed by atoms with van der Waals surface area (Å²) in [5, 5.41) is 3.91. The van der Waals surface area contributed by atoms with Crippen LogP contribution in [0.4, 0.5) is 0 Å². The summed E-state index contributed by atoms with van der Waals surface area (Å²) >= 11 is 0. The van der Waals surface area contributed by atoms with Crippen LogP contribution in [0.15, 0.2) is 0 Å². The summed E-state index contributed by atoms with van der Waals surface area (Å²) in [6, 6.07) is 0.722. The summed E-state index contributed by atoms with van der Waals surface area (Å²) in [7, 11) is 0. The summed E-state index contributed by atoms with van der Waals surface area (Å²) in [5.41, 5.74) is 0.983. The monoisotopic (exact) mass is 294 g/mol. The van der Waals surface area contributed by atoms with E-state index in [1.807, 2.05) is 0 Å². The van der Waals surface area contributed by atoms with Gasteiger partial charge >= 0.3 is 0 Å². The zero-order valence-corrected chi connectivity index (χ0v) is 15.2. The molecule has 1 saturated heterocycles. The van der Waals surface area contributed by atoms with Crippen LogP contribution in [0.1, 0.15) is 79.6 Å². The van der Waals surface area contributed by atoms with Crippen LogP contribution in [0, 0.1) is 11.3 Å². The fraction of sp³-hybridized carbons (Fsp3) is 1.00. The van der Waals surface area contributed by atoms with Crippen LogP contribution in [-0.2, 0) is 0 Å². The van der Waals surface area contributed by atoms with E-state index in [0.717, 1.165) is 12.0 Å². The molecule has 124 valence electrons. The van der Waals surface area contributed by atoms with Crippen LogP contribution in [0.2, 0.25) is 0 Å². The summed E-state index contributed by atoms with van der Waals surface area (Å²) in [6.45, 7) is 15.7. The molecular formula is C19H38N2. The fourth-order valence-electron chi connectivity index (χ4n) is 4.75. The van der Waals surface area contributed by atoms with Crippen LogP contribution in [0.5, 0.6) is 0 Å². The van der Waals surface area contributed by atoms with Crippen molar-refractivity contribution in [3.63, 3.8) is 0 Å². The molecule has 0 aromatic rings. The van der Waals surface area contributed by atoms with Crippen molar-refractivity contribution in [1.82, 2.24) is 10.2 Å². The third-order valence-electron chi connectivity index (χ3n) is 6.74. The highest BCUT2D eigenvalue weighted by Gasteiger charge is 2.42. The van der Waals surface area contributed by atoms with Gasteiger partial charge in [-0.25, -0.2) is 0 Å². The predicted octanol–water partition coefficient (Wildman–Crippen LogP) is 4.45. The topological polar surface area (TPSA) is 15.3 Å². The predicted molar refractivity (Wildman–Crippen MR) is 92.7 cm³/mol. The molecule has 0 aromatic heterocycles. The molecule has 1 N–H and O–H groups in total. The first-order chi connectivity index (χ1) is 10.00. The van der Waals surface area contributed by atoms with E-state index in [4.69, 9.17) is 0 Å². The third kappa shape index (κ3) is 3.64. The SMILES string of the molecule is CCC1(CN2CC(CC)(CC)NCC2C(C)C)CCCC1. The second-order valence-corrected chi connectivity index (χ2v) is 8.15. The molecule has 2 fully saturated rings. The van der Waals surface area contributed by atoms with Crippen LogP contribution in [0.25, 0.3) is 0 Å². The van der Waals surface area contributed by atoms with Gasteiger partial charge in [0.15, 0.2) is 0 Å². The second-order valence-electron chi connectivity index (χ2n) is 8.15. The number of nitrogens with zero attached hydrogens (tertiary/aromatic N) is 1. The minimum absolute atomic E-state index is 0.360. The molecule has 0 amide bonds. The molecule has 1 unspecified atom stereocenters. The van der Waals surface area contributed by atoms with E-state index in [-0.39, 0.29) is 0 Å². The maximum Gasteiger partial charge on any atom is 0.0304 e. The first kappa shape index (κ1) is 17.3. The number of nitrogens with one attached hydrogen (secondary N) is 1. The van der Waals surface area contributed by atoms with Gasteiger partial charge in [0.25, 0.3) is 0 Å². The first-order valence-electron chi connectivity index (χ1n) is 9.49. The molecule has 2 aliphatic rings. The zero-order valence-electron chi connectivity index (χ0n) is 15.2. The molecule has 1 aliphatic heterocycles. The van der Waals surface area contributed by atoms with E-state index >= 15 is 0 Å². The Morgan fingerprint density at radius 1 is 1.05 bits per heavy atom. The van der Waals surface area contributed by atoms with E-state index < -0.39 is 0 Å². The molecule has 0 bridgehead atoms. The lowest BCUT2D eigenvalue weighted by atomic mass is 9.79. The molecule has 0 aromatic carbocycles. The van der Waals surface area contributed by atoms with Crippen molar-refractivity contribution in [2.24, 2.45) is 11.3 Å². The summed E-state index contributed by atoms with van der Waals surface area (Å²) in [4.78, 5) is 2.88. The molecule has 1 aliphatic carbocycles. The van der Waals surface area contributed by atoms with E-state index in [0.29, 0.717) is 11.0 Å². The van der Waals surface area contributed by atoms with Crippen LogP contribution >= 0.6 is 0 Å². The van der Waals surface area contributed by atoms with Crippen molar-refractivity contribution in [2.75, 3.05) is 19.6 Å². The van der Waals surface area contributed by atoms with Gasteiger partial charge in [0, 0.05) is 31.2 Å². The Hall–Kier alpha value is -0.0800. The van der Waals surface area contributed by atoms with Crippen LogP contribution in [0.3, 0.4) is 0 Å². The normalized spacial score (nSPS) is 29.1. The second kappa shape index (κ2) is 7.00. The van der Waals surface area contributed by atoms with Crippen LogP contribution < -0.4 is 5.32 Å². The smallest absolute Gasteiger partial charge is 0.0304 e. The molecule has 1 heterocycles. The fourth-order valence-corrected chi connectivity index (χ4v) is 4.75. The Morgan fingerprint density at radius 3 is 2.14 bits per heavy atom. The van der Waals surface area contributed by atoms with Crippen LogP contribution in [-0.4, -0.2) is 36.1 Å². The van der Waals surface area contributed by atoms with Gasteiger partial charge in [0.05, 0.1) is 0 Å². The van der Waals surface area contributed by atoms with Gasteiger partial charge in [-0.15, -0.1) is 0 Å². The van der Waals surface area contributed by atoms with Gasteiger partial charge in [-0.1, -0.05) is 47.5 Å². The van der Waals surface area contributed by atoms with Gasteiger partial charge < -0.3 is 5.32 Å². The third-order valence-corrected chi connectivity index (χ3v) is 6.74. The Kier molecular flexibility index (Phi) is 5.76. The summed E-state index contributed by atoms with van der Waals surface area (Å²) in [5.74, 6) is 0.750. The standard InChI is InChI=1S/C19H38N2/c1-6-18(11-9-10-12-18)14-21-15-19(7-2,8-3)20-13-17(21)16(4)5/h16-17,20H,6-15H2,1-5H3. The highest BCUT2D eigenvalue weighted by atomic mass is 15.3. The van der Waals surface area contributed by atoms with E-state index in [1.54, 1.807) is 0 Å².